The fourth-order valence-corrected chi connectivity index (χ4v) is 4.81. The number of carbonyl (C=O) groups is 1. The maximum atomic E-state index is 13.7. The van der Waals surface area contributed by atoms with Crippen molar-refractivity contribution in [1.29, 1.82) is 0 Å². The molecule has 3 aromatic rings. The molecule has 0 unspecified atom stereocenters. The molecule has 0 bridgehead atoms. The Kier molecular flexibility index (Phi) is 5.53. The van der Waals surface area contributed by atoms with Crippen LogP contribution in [0.3, 0.4) is 0 Å². The number of piperidine rings is 1. The lowest BCUT2D eigenvalue weighted by atomic mass is 9.89. The van der Waals surface area contributed by atoms with Crippen LogP contribution in [0, 0.1) is 18.7 Å². The normalized spacial score (nSPS) is 17.9. The van der Waals surface area contributed by atoms with Crippen LogP contribution in [-0.4, -0.2) is 35.4 Å². The van der Waals surface area contributed by atoms with Crippen molar-refractivity contribution < 1.29 is 9.18 Å². The number of anilines is 1. The van der Waals surface area contributed by atoms with Crippen LogP contribution in [0.5, 0.6) is 0 Å². The first-order chi connectivity index (χ1) is 15.1. The number of H-pyrrole nitrogens is 1. The Morgan fingerprint density at radius 2 is 1.94 bits per heavy atom. The van der Waals surface area contributed by atoms with E-state index in [0.29, 0.717) is 5.92 Å². The number of aromatic nitrogens is 1. The fourth-order valence-electron chi connectivity index (χ4n) is 4.81. The van der Waals surface area contributed by atoms with Gasteiger partial charge in [0.05, 0.1) is 0 Å². The summed E-state index contributed by atoms with van der Waals surface area (Å²) in [7, 11) is 0. The molecule has 2 N–H and O–H groups in total. The zero-order valence-electron chi connectivity index (χ0n) is 18.1. The highest BCUT2D eigenvalue weighted by Gasteiger charge is 2.29. The molecule has 1 aliphatic heterocycles. The molecule has 1 amide bonds. The number of hydrogen-bond acceptors (Lipinski definition) is 2. The predicted molar refractivity (Wildman–Crippen MR) is 123 cm³/mol. The molecule has 2 fully saturated rings. The number of benzene rings is 2. The third kappa shape index (κ3) is 4.52. The number of hydrogen-bond donors (Lipinski definition) is 2. The van der Waals surface area contributed by atoms with Crippen LogP contribution in [0.25, 0.3) is 10.9 Å². The number of aromatic amines is 1. The summed E-state index contributed by atoms with van der Waals surface area (Å²) in [5.74, 6) is 0.694. The van der Waals surface area contributed by atoms with Gasteiger partial charge in [0.1, 0.15) is 5.82 Å². The summed E-state index contributed by atoms with van der Waals surface area (Å²) in [4.78, 5) is 17.9. The Morgan fingerprint density at radius 1 is 1.13 bits per heavy atom. The molecule has 0 atom stereocenters. The van der Waals surface area contributed by atoms with Crippen molar-refractivity contribution in [3.63, 3.8) is 0 Å². The number of carbonyl (C=O) groups excluding carboxylic acids is 1. The SMILES string of the molecule is Cc1ccc(NC(=O)C2CC2)cc1CCN1CCC(c2c[nH]c3ccc(F)cc23)CC1. The summed E-state index contributed by atoms with van der Waals surface area (Å²) >= 11 is 0. The highest BCUT2D eigenvalue weighted by Crippen LogP contribution is 2.34. The first-order valence-corrected chi connectivity index (χ1v) is 11.5. The number of fused-ring (bicyclic) bond motifs is 1. The summed E-state index contributed by atoms with van der Waals surface area (Å²) in [6.07, 6.45) is 7.29. The van der Waals surface area contributed by atoms with Gasteiger partial charge in [0.2, 0.25) is 5.91 Å². The zero-order valence-corrected chi connectivity index (χ0v) is 18.1. The van der Waals surface area contributed by atoms with Gasteiger partial charge < -0.3 is 15.2 Å². The highest BCUT2D eigenvalue weighted by atomic mass is 19.1. The lowest BCUT2D eigenvalue weighted by Gasteiger charge is -2.32. The Hall–Kier alpha value is -2.66. The predicted octanol–water partition coefficient (Wildman–Crippen LogP) is 5.39. The van der Waals surface area contributed by atoms with E-state index in [-0.39, 0.29) is 17.6 Å². The molecule has 31 heavy (non-hydrogen) atoms. The highest BCUT2D eigenvalue weighted by molar-refractivity contribution is 5.94. The van der Waals surface area contributed by atoms with Crippen LogP contribution in [0.2, 0.25) is 0 Å². The number of nitrogens with one attached hydrogen (secondary N) is 2. The summed E-state index contributed by atoms with van der Waals surface area (Å²) in [6.45, 7) is 5.29. The van der Waals surface area contributed by atoms with Gasteiger partial charge in [-0.3, -0.25) is 4.79 Å². The van der Waals surface area contributed by atoms with Crippen molar-refractivity contribution in [2.45, 2.75) is 44.9 Å². The number of halogens is 1. The molecule has 2 aliphatic rings. The van der Waals surface area contributed by atoms with Gasteiger partial charge in [0, 0.05) is 35.2 Å². The lowest BCUT2D eigenvalue weighted by Crippen LogP contribution is -2.34. The molecule has 2 aromatic carbocycles. The van der Waals surface area contributed by atoms with Crippen molar-refractivity contribution in [3.8, 4) is 0 Å². The Labute approximate surface area is 182 Å². The average molecular weight is 420 g/mol. The van der Waals surface area contributed by atoms with E-state index in [4.69, 9.17) is 0 Å². The van der Waals surface area contributed by atoms with Gasteiger partial charge in [-0.2, -0.15) is 0 Å². The standard InChI is InChI=1S/C26H30FN3O/c1-17-2-6-22(29-26(31)19-3-4-19)14-20(17)10-13-30-11-8-18(9-12-30)24-16-28-25-7-5-21(27)15-23(24)25/h2,5-7,14-16,18-19,28H,3-4,8-13H2,1H3,(H,29,31). The first-order valence-electron chi connectivity index (χ1n) is 11.5. The maximum absolute atomic E-state index is 13.7. The van der Waals surface area contributed by atoms with Crippen molar-refractivity contribution in [1.82, 2.24) is 9.88 Å². The Bertz CT molecular complexity index is 1090. The number of nitrogens with zero attached hydrogens (tertiary/aromatic N) is 1. The molecule has 1 saturated carbocycles. The van der Waals surface area contributed by atoms with E-state index in [9.17, 15) is 9.18 Å². The van der Waals surface area contributed by atoms with Gasteiger partial charge in [-0.15, -0.1) is 0 Å². The smallest absolute Gasteiger partial charge is 0.227 e. The summed E-state index contributed by atoms with van der Waals surface area (Å²) < 4.78 is 13.7. The van der Waals surface area contributed by atoms with Crippen LogP contribution in [-0.2, 0) is 11.2 Å². The van der Waals surface area contributed by atoms with Crippen molar-refractivity contribution in [3.05, 3.63) is 65.1 Å². The van der Waals surface area contributed by atoms with E-state index in [1.807, 2.05) is 12.1 Å². The molecule has 2 heterocycles. The lowest BCUT2D eigenvalue weighted by molar-refractivity contribution is -0.117. The first kappa shape index (κ1) is 20.3. The van der Waals surface area contributed by atoms with E-state index in [2.05, 4.69) is 40.5 Å². The molecule has 0 spiro atoms. The average Bonchev–Trinajstić information content (AvgIpc) is 3.55. The van der Waals surface area contributed by atoms with E-state index >= 15 is 0 Å². The minimum absolute atomic E-state index is 0.161. The van der Waals surface area contributed by atoms with Crippen LogP contribution < -0.4 is 5.32 Å². The molecule has 4 nitrogen and oxygen atoms in total. The van der Waals surface area contributed by atoms with Crippen molar-refractivity contribution >= 4 is 22.5 Å². The number of aryl methyl sites for hydroxylation is 1. The van der Waals surface area contributed by atoms with Crippen molar-refractivity contribution in [2.75, 3.05) is 25.0 Å². The number of amides is 1. The van der Waals surface area contributed by atoms with Crippen LogP contribution in [0.15, 0.2) is 42.6 Å². The van der Waals surface area contributed by atoms with Gasteiger partial charge in [-0.05, 0) is 105 Å². The van der Waals surface area contributed by atoms with Crippen LogP contribution in [0.4, 0.5) is 10.1 Å². The van der Waals surface area contributed by atoms with Crippen LogP contribution in [0.1, 0.15) is 48.3 Å². The van der Waals surface area contributed by atoms with Crippen molar-refractivity contribution in [2.24, 2.45) is 5.92 Å². The minimum atomic E-state index is -0.170. The van der Waals surface area contributed by atoms with E-state index in [1.54, 1.807) is 6.07 Å². The van der Waals surface area contributed by atoms with E-state index < -0.39 is 0 Å². The second kappa shape index (κ2) is 8.46. The second-order valence-electron chi connectivity index (χ2n) is 9.20. The second-order valence-corrected chi connectivity index (χ2v) is 9.20. The third-order valence-electron chi connectivity index (χ3n) is 6.97. The third-order valence-corrected chi connectivity index (χ3v) is 6.97. The molecule has 0 radical (unpaired) electrons. The van der Waals surface area contributed by atoms with E-state index in [0.717, 1.165) is 68.3 Å². The van der Waals surface area contributed by atoms with E-state index in [1.165, 1.54) is 22.8 Å². The zero-order chi connectivity index (χ0) is 21.4. The number of rotatable bonds is 6. The maximum Gasteiger partial charge on any atom is 0.227 e. The van der Waals surface area contributed by atoms with Gasteiger partial charge in [-0.25, -0.2) is 4.39 Å². The molecule has 5 rings (SSSR count). The monoisotopic (exact) mass is 419 g/mol. The topological polar surface area (TPSA) is 48.1 Å². The quantitative estimate of drug-likeness (QED) is 0.563. The van der Waals surface area contributed by atoms with Gasteiger partial charge >= 0.3 is 0 Å². The summed E-state index contributed by atoms with van der Waals surface area (Å²) in [6, 6.07) is 11.3. The molecule has 1 aromatic heterocycles. The van der Waals surface area contributed by atoms with Gasteiger partial charge in [-0.1, -0.05) is 6.07 Å². The Morgan fingerprint density at radius 3 is 2.71 bits per heavy atom. The summed E-state index contributed by atoms with van der Waals surface area (Å²) in [5, 5.41) is 4.09. The molecule has 1 aliphatic carbocycles. The van der Waals surface area contributed by atoms with Gasteiger partial charge in [0.25, 0.3) is 0 Å². The number of likely N-dealkylation sites (tertiary alicyclic amines) is 1. The molecule has 162 valence electrons. The van der Waals surface area contributed by atoms with Crippen LogP contribution >= 0.6 is 0 Å². The fraction of sp³-hybridized carbons (Fsp3) is 0.423. The Balaban J connectivity index is 1.17. The minimum Gasteiger partial charge on any atom is -0.361 e. The van der Waals surface area contributed by atoms with Gasteiger partial charge in [0.15, 0.2) is 0 Å². The molecular formula is C26H30FN3O. The largest absolute Gasteiger partial charge is 0.361 e. The molecular weight excluding hydrogens is 389 g/mol. The molecule has 1 saturated heterocycles. The summed E-state index contributed by atoms with van der Waals surface area (Å²) in [5.41, 5.74) is 5.78. The molecule has 5 heteroatoms.